The van der Waals surface area contributed by atoms with E-state index in [9.17, 15) is 36.0 Å². The molecule has 0 radical (unpaired) electrons. The first-order chi connectivity index (χ1) is 17.8. The zero-order valence-corrected chi connectivity index (χ0v) is 21.8. The Hall–Kier alpha value is -1.93. The lowest BCUT2D eigenvalue weighted by molar-refractivity contribution is -0.175. The number of carbonyl (C=O) groups excluding carboxylic acids is 3. The highest BCUT2D eigenvalue weighted by Gasteiger charge is 2.70. The van der Waals surface area contributed by atoms with Crippen LogP contribution in [0.15, 0.2) is 0 Å². The Morgan fingerprint density at radius 1 is 1.21 bits per heavy atom. The predicted molar refractivity (Wildman–Crippen MR) is 122 cm³/mol. The molecule has 14 heteroatoms. The number of esters is 3. The largest absolute Gasteiger partial charge is 0.459 e. The molecule has 3 saturated carbocycles. The zero-order valence-electron chi connectivity index (χ0n) is 21.0. The summed E-state index contributed by atoms with van der Waals surface area (Å²) in [6.07, 6.45) is -0.842. The van der Waals surface area contributed by atoms with Crippen molar-refractivity contribution >= 4 is 28.0 Å². The van der Waals surface area contributed by atoms with Gasteiger partial charge in [0.15, 0.2) is 6.17 Å². The Morgan fingerprint density at radius 2 is 1.89 bits per heavy atom. The summed E-state index contributed by atoms with van der Waals surface area (Å²) in [5.41, 5.74) is -0.516. The third-order valence-electron chi connectivity index (χ3n) is 8.46. The maximum absolute atomic E-state index is 13.4. The monoisotopic (exact) mass is 570 g/mol. The van der Waals surface area contributed by atoms with Crippen LogP contribution in [0.2, 0.25) is 0 Å². The molecule has 4 rings (SSSR count). The summed E-state index contributed by atoms with van der Waals surface area (Å²) in [4.78, 5) is 38.3. The van der Waals surface area contributed by atoms with Gasteiger partial charge in [-0.3, -0.25) is 18.9 Å². The maximum atomic E-state index is 13.4. The lowest BCUT2D eigenvalue weighted by atomic mass is 9.78. The first kappa shape index (κ1) is 29.1. The number of alkyl halides is 3. The summed E-state index contributed by atoms with van der Waals surface area (Å²) >= 11 is 0. The van der Waals surface area contributed by atoms with Gasteiger partial charge in [0, 0.05) is 37.9 Å². The topological polar surface area (TPSA) is 142 Å². The van der Waals surface area contributed by atoms with Gasteiger partial charge in [0.2, 0.25) is 0 Å². The summed E-state index contributed by atoms with van der Waals surface area (Å²) in [5.74, 6) is -3.48. The second-order valence-corrected chi connectivity index (χ2v) is 12.1. The van der Waals surface area contributed by atoms with Gasteiger partial charge in [0.05, 0.1) is 11.8 Å². The molecule has 216 valence electrons. The van der Waals surface area contributed by atoms with Crippen molar-refractivity contribution in [2.75, 3.05) is 13.2 Å². The van der Waals surface area contributed by atoms with Crippen molar-refractivity contribution in [1.29, 1.82) is 0 Å². The van der Waals surface area contributed by atoms with Gasteiger partial charge < -0.3 is 18.9 Å². The Morgan fingerprint density at radius 3 is 2.53 bits per heavy atom. The molecule has 1 N–H and O–H groups in total. The van der Waals surface area contributed by atoms with E-state index in [1.807, 2.05) is 6.92 Å². The summed E-state index contributed by atoms with van der Waals surface area (Å²) in [6, 6.07) is 0. The zero-order chi connectivity index (χ0) is 27.9. The van der Waals surface area contributed by atoms with Crippen LogP contribution >= 0.6 is 0 Å². The molecule has 4 aliphatic rings. The highest BCUT2D eigenvalue weighted by molar-refractivity contribution is 7.86. The molecule has 1 saturated heterocycles. The van der Waals surface area contributed by atoms with Gasteiger partial charge in [-0.25, -0.2) is 4.39 Å². The van der Waals surface area contributed by atoms with Crippen LogP contribution in [0.5, 0.6) is 0 Å². The molecule has 0 aromatic heterocycles. The van der Waals surface area contributed by atoms with Crippen molar-refractivity contribution in [3.8, 4) is 0 Å². The summed E-state index contributed by atoms with van der Waals surface area (Å²) in [6.45, 7) is 1.29. The standard InChI is InChI=1S/C24H33F3O10S/c1-2-23(8-3-4-9-23)37-22(30)18-14-12-13-17(18)21(29)36-20(13)19(14)35-16(28)6-5-10-34-11-7-15(25)24(26,27)38(31,32)33/h13-15,17-20H,2-12H2,1H3,(H,31,32,33). The number of carbonyl (C=O) groups is 3. The van der Waals surface area contributed by atoms with Crippen molar-refractivity contribution in [3.63, 3.8) is 0 Å². The quantitative estimate of drug-likeness (QED) is 0.152. The van der Waals surface area contributed by atoms with E-state index >= 15 is 0 Å². The van der Waals surface area contributed by atoms with Crippen LogP contribution in [0.3, 0.4) is 0 Å². The Labute approximate surface area is 218 Å². The minimum atomic E-state index is -5.89. The minimum absolute atomic E-state index is 0.100. The number of halogens is 3. The van der Waals surface area contributed by atoms with Crippen molar-refractivity contribution in [3.05, 3.63) is 0 Å². The molecule has 0 aromatic carbocycles. The number of hydrogen-bond donors (Lipinski definition) is 1. The molecule has 7 unspecified atom stereocenters. The first-order valence-corrected chi connectivity index (χ1v) is 14.4. The van der Waals surface area contributed by atoms with E-state index in [1.54, 1.807) is 0 Å². The molecule has 2 bridgehead atoms. The highest BCUT2D eigenvalue weighted by atomic mass is 32.2. The van der Waals surface area contributed by atoms with E-state index in [4.69, 9.17) is 23.5 Å². The summed E-state index contributed by atoms with van der Waals surface area (Å²) in [7, 11) is -5.89. The third-order valence-corrected chi connectivity index (χ3v) is 9.40. The van der Waals surface area contributed by atoms with Gasteiger partial charge >= 0.3 is 33.3 Å². The van der Waals surface area contributed by atoms with Crippen LogP contribution in [-0.4, -0.2) is 73.3 Å². The fourth-order valence-corrected chi connectivity index (χ4v) is 6.89. The van der Waals surface area contributed by atoms with Gasteiger partial charge in [0.25, 0.3) is 0 Å². The second kappa shape index (κ2) is 10.9. The molecule has 0 aromatic rings. The molecule has 10 nitrogen and oxygen atoms in total. The van der Waals surface area contributed by atoms with Gasteiger partial charge in [-0.2, -0.15) is 17.2 Å². The normalized spacial score (nSPS) is 32.3. The van der Waals surface area contributed by atoms with Crippen molar-refractivity contribution in [2.24, 2.45) is 23.7 Å². The molecule has 38 heavy (non-hydrogen) atoms. The van der Waals surface area contributed by atoms with E-state index in [2.05, 4.69) is 0 Å². The van der Waals surface area contributed by atoms with Crippen LogP contribution < -0.4 is 0 Å². The van der Waals surface area contributed by atoms with Crippen LogP contribution in [0.4, 0.5) is 13.2 Å². The lowest BCUT2D eigenvalue weighted by Gasteiger charge is -2.34. The average molecular weight is 571 g/mol. The molecule has 1 aliphatic heterocycles. The fourth-order valence-electron chi connectivity index (χ4n) is 6.45. The average Bonchev–Trinajstić information content (AvgIpc) is 3.59. The van der Waals surface area contributed by atoms with E-state index in [0.717, 1.165) is 25.7 Å². The van der Waals surface area contributed by atoms with Gasteiger partial charge in [-0.1, -0.05) is 6.92 Å². The molecule has 7 atom stereocenters. The van der Waals surface area contributed by atoms with Gasteiger partial charge in [-0.15, -0.1) is 0 Å². The van der Waals surface area contributed by atoms with Crippen LogP contribution in [0.25, 0.3) is 0 Å². The van der Waals surface area contributed by atoms with Gasteiger partial charge in [0.1, 0.15) is 17.8 Å². The second-order valence-electron chi connectivity index (χ2n) is 10.6. The van der Waals surface area contributed by atoms with E-state index in [1.165, 1.54) is 0 Å². The predicted octanol–water partition coefficient (Wildman–Crippen LogP) is 2.98. The third kappa shape index (κ3) is 5.40. The van der Waals surface area contributed by atoms with E-state index < -0.39 is 88.0 Å². The van der Waals surface area contributed by atoms with E-state index in [0.29, 0.717) is 12.8 Å². The molecule has 4 fully saturated rings. The first-order valence-electron chi connectivity index (χ1n) is 13.0. The lowest BCUT2D eigenvalue weighted by Crippen LogP contribution is -2.45. The summed E-state index contributed by atoms with van der Waals surface area (Å²) in [5, 5.41) is -4.94. The number of ether oxygens (including phenoxy) is 4. The molecule has 0 amide bonds. The van der Waals surface area contributed by atoms with Crippen molar-refractivity contribution in [1.82, 2.24) is 0 Å². The molecular formula is C24H33F3O10S. The Bertz CT molecular complexity index is 1030. The Balaban J connectivity index is 1.24. The van der Waals surface area contributed by atoms with Crippen LogP contribution in [-0.2, 0) is 43.4 Å². The van der Waals surface area contributed by atoms with Crippen LogP contribution in [0.1, 0.15) is 64.7 Å². The molecule has 1 heterocycles. The minimum Gasteiger partial charge on any atom is -0.459 e. The Kier molecular flexibility index (Phi) is 8.35. The summed E-state index contributed by atoms with van der Waals surface area (Å²) < 4.78 is 91.3. The number of rotatable bonds is 13. The number of fused-ring (bicyclic) bond motifs is 1. The number of hydrogen-bond acceptors (Lipinski definition) is 9. The van der Waals surface area contributed by atoms with Crippen molar-refractivity contribution < 1.29 is 59.5 Å². The molecule has 0 spiro atoms. The van der Waals surface area contributed by atoms with E-state index in [-0.39, 0.29) is 25.4 Å². The molecular weight excluding hydrogens is 537 g/mol. The highest BCUT2D eigenvalue weighted by Crippen LogP contribution is 2.59. The van der Waals surface area contributed by atoms with Gasteiger partial charge in [-0.05, 0) is 44.9 Å². The maximum Gasteiger partial charge on any atom is 0.400 e. The SMILES string of the molecule is CCC1(OC(=O)C2C3CC4C(OC(=O)C42)C3OC(=O)CCCOCCC(F)C(F)(F)S(=O)(=O)O)CCCC1. The smallest absolute Gasteiger partial charge is 0.400 e. The van der Waals surface area contributed by atoms with Crippen LogP contribution in [0, 0.1) is 23.7 Å². The molecule has 3 aliphatic carbocycles. The fraction of sp³-hybridized carbons (Fsp3) is 0.875. The van der Waals surface area contributed by atoms with Crippen molar-refractivity contribution in [2.45, 2.75) is 93.9 Å².